The highest BCUT2D eigenvalue weighted by molar-refractivity contribution is 5.94. The molecule has 2 fully saturated rings. The van der Waals surface area contributed by atoms with Gasteiger partial charge in [-0.25, -0.2) is 18.6 Å². The zero-order chi connectivity index (χ0) is 26.0. The minimum atomic E-state index is -1.45. The highest BCUT2D eigenvalue weighted by Crippen LogP contribution is 2.35. The lowest BCUT2D eigenvalue weighted by Crippen LogP contribution is -2.50. The van der Waals surface area contributed by atoms with Crippen LogP contribution in [0, 0.1) is 17.2 Å². The molecular weight excluding hydrogens is 470 g/mol. The van der Waals surface area contributed by atoms with E-state index in [1.807, 2.05) is 0 Å². The number of alkyl halides is 2. The van der Waals surface area contributed by atoms with Crippen LogP contribution in [0.3, 0.4) is 0 Å². The van der Waals surface area contributed by atoms with Crippen molar-refractivity contribution in [3.8, 4) is 22.9 Å². The monoisotopic (exact) mass is 498 g/mol. The van der Waals surface area contributed by atoms with Crippen LogP contribution in [0.2, 0.25) is 0 Å². The summed E-state index contributed by atoms with van der Waals surface area (Å²) in [6.07, 6.45) is -1.95. The van der Waals surface area contributed by atoms with Crippen molar-refractivity contribution in [2.75, 3.05) is 18.4 Å². The maximum absolute atomic E-state index is 14.9. The minimum Gasteiger partial charge on any atom is -0.486 e. The molecule has 1 N–H and O–H groups in total. The Hall–Kier alpha value is -3.74. The van der Waals surface area contributed by atoms with Gasteiger partial charge in [-0.15, -0.1) is 0 Å². The Morgan fingerprint density at radius 3 is 2.53 bits per heavy atom. The molecule has 0 radical (unpaired) electrons. The number of halogens is 2. The largest absolute Gasteiger partial charge is 0.486 e. The van der Waals surface area contributed by atoms with Gasteiger partial charge in [0.2, 0.25) is 5.91 Å². The molecule has 2 aromatic rings. The average molecular weight is 499 g/mol. The van der Waals surface area contributed by atoms with Crippen molar-refractivity contribution in [1.29, 1.82) is 5.26 Å². The number of aromatic nitrogens is 1. The Labute approximate surface area is 208 Å². The second-order valence-corrected chi connectivity index (χ2v) is 9.99. The number of nitrogens with one attached hydrogen (secondary N) is 1. The number of rotatable bonds is 5. The van der Waals surface area contributed by atoms with Crippen molar-refractivity contribution in [2.24, 2.45) is 5.92 Å². The standard InChI is InChI=1S/C26H28F2N4O4/c1-26(2,3)36-25(34)32-9-7-22(20(28)14-32)35-21-5-4-15(10-17(21)13-29)16-6-8-30-23(11-16)31-24(33)18-12-19(18)27/h4-6,8,10-11,18-20,22H,7,9,12,14H2,1-3H3,(H,30,31,33)/t18-,19-,20?,22?/m0/s1. The third-order valence-corrected chi connectivity index (χ3v) is 5.91. The molecule has 4 atom stereocenters. The second-order valence-electron chi connectivity index (χ2n) is 9.99. The molecule has 8 nitrogen and oxygen atoms in total. The van der Waals surface area contributed by atoms with Gasteiger partial charge in [0.1, 0.15) is 35.5 Å². The highest BCUT2D eigenvalue weighted by atomic mass is 19.1. The Bertz CT molecular complexity index is 1190. The molecule has 10 heteroatoms. The first-order valence-corrected chi connectivity index (χ1v) is 11.8. The van der Waals surface area contributed by atoms with Gasteiger partial charge in [0.05, 0.1) is 18.0 Å². The smallest absolute Gasteiger partial charge is 0.410 e. The van der Waals surface area contributed by atoms with Crippen LogP contribution >= 0.6 is 0 Å². The van der Waals surface area contributed by atoms with E-state index >= 15 is 0 Å². The summed E-state index contributed by atoms with van der Waals surface area (Å²) in [7, 11) is 0. The molecule has 1 aliphatic heterocycles. The molecule has 36 heavy (non-hydrogen) atoms. The Balaban J connectivity index is 1.42. The van der Waals surface area contributed by atoms with Gasteiger partial charge < -0.3 is 19.7 Å². The molecule has 4 rings (SSSR count). The van der Waals surface area contributed by atoms with Crippen molar-refractivity contribution in [3.05, 3.63) is 42.1 Å². The number of hydrogen-bond donors (Lipinski definition) is 1. The van der Waals surface area contributed by atoms with Gasteiger partial charge in [0.25, 0.3) is 0 Å². The molecule has 2 heterocycles. The number of pyridine rings is 1. The molecule has 2 amide bonds. The third kappa shape index (κ3) is 6.08. The van der Waals surface area contributed by atoms with Gasteiger partial charge in [0, 0.05) is 19.2 Å². The van der Waals surface area contributed by atoms with Crippen molar-refractivity contribution < 1.29 is 27.8 Å². The van der Waals surface area contributed by atoms with E-state index in [1.165, 1.54) is 11.1 Å². The van der Waals surface area contributed by atoms with Gasteiger partial charge in [-0.05, 0) is 62.6 Å². The molecular formula is C26H28F2N4O4. The Morgan fingerprint density at radius 1 is 1.17 bits per heavy atom. The molecule has 1 aliphatic carbocycles. The summed E-state index contributed by atoms with van der Waals surface area (Å²) in [5.74, 6) is -0.517. The number of piperidine rings is 1. The lowest BCUT2D eigenvalue weighted by molar-refractivity contribution is -0.117. The van der Waals surface area contributed by atoms with E-state index in [0.717, 1.165) is 0 Å². The summed E-state index contributed by atoms with van der Waals surface area (Å²) in [5, 5.41) is 12.3. The minimum absolute atomic E-state index is 0.158. The lowest BCUT2D eigenvalue weighted by atomic mass is 10.0. The van der Waals surface area contributed by atoms with E-state index in [0.29, 0.717) is 11.1 Å². The summed E-state index contributed by atoms with van der Waals surface area (Å²) in [4.78, 5) is 29.7. The summed E-state index contributed by atoms with van der Waals surface area (Å²) >= 11 is 0. The fourth-order valence-electron chi connectivity index (χ4n) is 3.90. The van der Waals surface area contributed by atoms with E-state index in [4.69, 9.17) is 9.47 Å². The van der Waals surface area contributed by atoms with Crippen LogP contribution in [0.1, 0.15) is 39.2 Å². The van der Waals surface area contributed by atoms with Crippen LogP contribution in [-0.4, -0.2) is 59.0 Å². The number of anilines is 1. The summed E-state index contributed by atoms with van der Waals surface area (Å²) in [5.41, 5.74) is 0.901. The second kappa shape index (κ2) is 10.1. The van der Waals surface area contributed by atoms with Crippen LogP contribution < -0.4 is 10.1 Å². The first kappa shape index (κ1) is 25.4. The number of nitriles is 1. The molecule has 0 spiro atoms. The predicted octanol–water partition coefficient (Wildman–Crippen LogP) is 4.64. The Kier molecular flexibility index (Phi) is 7.11. The summed E-state index contributed by atoms with van der Waals surface area (Å²) < 4.78 is 39.2. The number of likely N-dealkylation sites (tertiary alicyclic amines) is 1. The van der Waals surface area contributed by atoms with E-state index in [9.17, 15) is 23.6 Å². The van der Waals surface area contributed by atoms with Crippen molar-refractivity contribution in [1.82, 2.24) is 9.88 Å². The van der Waals surface area contributed by atoms with Crippen molar-refractivity contribution in [3.63, 3.8) is 0 Å². The fourth-order valence-corrected chi connectivity index (χ4v) is 3.90. The van der Waals surface area contributed by atoms with Gasteiger partial charge in [0.15, 0.2) is 6.17 Å². The third-order valence-electron chi connectivity index (χ3n) is 5.91. The topological polar surface area (TPSA) is 105 Å². The fraction of sp³-hybridized carbons (Fsp3) is 0.462. The number of ether oxygens (including phenoxy) is 2. The maximum atomic E-state index is 14.9. The molecule has 1 saturated heterocycles. The van der Waals surface area contributed by atoms with E-state index in [1.54, 1.807) is 51.1 Å². The number of carbonyl (C=O) groups excluding carboxylic acids is 2. The van der Waals surface area contributed by atoms with E-state index < -0.39 is 42.0 Å². The van der Waals surface area contributed by atoms with Gasteiger partial charge >= 0.3 is 6.09 Å². The quantitative estimate of drug-likeness (QED) is 0.644. The number of nitrogens with zero attached hydrogens (tertiary/aromatic N) is 3. The SMILES string of the molecule is CC(C)(C)OC(=O)N1CCC(Oc2ccc(-c3ccnc(NC(=O)[C@H]4C[C@@H]4F)c3)cc2C#N)C(F)C1. The van der Waals surface area contributed by atoms with Gasteiger partial charge in [-0.1, -0.05) is 6.07 Å². The van der Waals surface area contributed by atoms with Crippen LogP contribution in [-0.2, 0) is 9.53 Å². The number of hydrogen-bond acceptors (Lipinski definition) is 6. The number of carbonyl (C=O) groups is 2. The van der Waals surface area contributed by atoms with Gasteiger partial charge in [-0.3, -0.25) is 4.79 Å². The molecule has 0 bridgehead atoms. The predicted molar refractivity (Wildman–Crippen MR) is 128 cm³/mol. The van der Waals surface area contributed by atoms with E-state index in [-0.39, 0.29) is 43.1 Å². The number of amides is 2. The zero-order valence-electron chi connectivity index (χ0n) is 20.3. The maximum Gasteiger partial charge on any atom is 0.410 e. The van der Waals surface area contributed by atoms with Crippen molar-refractivity contribution in [2.45, 2.75) is 57.7 Å². The molecule has 1 aromatic heterocycles. The zero-order valence-corrected chi connectivity index (χ0v) is 20.3. The van der Waals surface area contributed by atoms with E-state index in [2.05, 4.69) is 16.4 Å². The highest BCUT2D eigenvalue weighted by Gasteiger charge is 2.43. The van der Waals surface area contributed by atoms with Gasteiger partial charge in [-0.2, -0.15) is 5.26 Å². The molecule has 190 valence electrons. The van der Waals surface area contributed by atoms with Crippen LogP contribution in [0.15, 0.2) is 36.5 Å². The average Bonchev–Trinajstić information content (AvgIpc) is 3.56. The van der Waals surface area contributed by atoms with Crippen LogP contribution in [0.25, 0.3) is 11.1 Å². The first-order valence-electron chi connectivity index (χ1n) is 11.8. The molecule has 2 aliphatic rings. The first-order chi connectivity index (χ1) is 17.0. The van der Waals surface area contributed by atoms with Crippen LogP contribution in [0.5, 0.6) is 5.75 Å². The molecule has 1 saturated carbocycles. The van der Waals surface area contributed by atoms with Crippen molar-refractivity contribution >= 4 is 17.8 Å². The van der Waals surface area contributed by atoms with Crippen LogP contribution in [0.4, 0.5) is 19.4 Å². The molecule has 1 aromatic carbocycles. The Morgan fingerprint density at radius 2 is 1.89 bits per heavy atom. The lowest BCUT2D eigenvalue weighted by Gasteiger charge is -2.35. The summed E-state index contributed by atoms with van der Waals surface area (Å²) in [6, 6.07) is 10.4. The number of benzene rings is 1. The molecule has 2 unspecified atom stereocenters. The summed E-state index contributed by atoms with van der Waals surface area (Å²) in [6.45, 7) is 5.36. The normalized spacial score (nSPS) is 23.4.